The van der Waals surface area contributed by atoms with E-state index < -0.39 is 0 Å². The van der Waals surface area contributed by atoms with Gasteiger partial charge in [0.25, 0.3) is 5.56 Å². The summed E-state index contributed by atoms with van der Waals surface area (Å²) < 4.78 is 5.86. The van der Waals surface area contributed by atoms with Crippen LogP contribution in [-0.4, -0.2) is 17.1 Å². The average molecular weight is 301 g/mol. The van der Waals surface area contributed by atoms with Crippen molar-refractivity contribution in [3.8, 4) is 5.75 Å². The number of aromatic nitrogens is 2. The molecule has 5 nitrogen and oxygen atoms in total. The van der Waals surface area contributed by atoms with E-state index in [-0.39, 0.29) is 5.56 Å². The number of aromatic amines is 1. The van der Waals surface area contributed by atoms with Gasteiger partial charge in [0.05, 0.1) is 19.2 Å². The third-order valence-corrected chi connectivity index (χ3v) is 4.02. The molecule has 3 rings (SSSR count). The lowest BCUT2D eigenvalue weighted by Crippen LogP contribution is -2.18. The van der Waals surface area contributed by atoms with Crippen LogP contribution in [0.15, 0.2) is 40.5 Å². The molecule has 0 radical (unpaired) electrons. The summed E-state index contributed by atoms with van der Waals surface area (Å²) in [6.07, 6.45) is 0. The fourth-order valence-corrected chi connectivity index (χ4v) is 2.84. The molecule has 1 aromatic carbocycles. The van der Waals surface area contributed by atoms with E-state index in [2.05, 4.69) is 15.3 Å². The highest BCUT2D eigenvalue weighted by Gasteiger charge is 2.04. The number of benzene rings is 1. The van der Waals surface area contributed by atoms with Gasteiger partial charge in [-0.25, -0.2) is 4.98 Å². The lowest BCUT2D eigenvalue weighted by Gasteiger charge is -2.06. The van der Waals surface area contributed by atoms with Crippen molar-refractivity contribution in [2.24, 2.45) is 0 Å². The van der Waals surface area contributed by atoms with Gasteiger partial charge in [0.2, 0.25) is 0 Å². The number of ether oxygens (including phenoxy) is 1. The minimum Gasteiger partial charge on any atom is -0.497 e. The molecule has 2 N–H and O–H groups in total. The van der Waals surface area contributed by atoms with Gasteiger partial charge in [0.1, 0.15) is 16.3 Å². The third kappa shape index (κ3) is 3.12. The summed E-state index contributed by atoms with van der Waals surface area (Å²) in [7, 11) is 1.65. The normalized spacial score (nSPS) is 10.9. The zero-order chi connectivity index (χ0) is 14.7. The van der Waals surface area contributed by atoms with Gasteiger partial charge in [-0.3, -0.25) is 4.79 Å². The summed E-state index contributed by atoms with van der Waals surface area (Å²) in [5.41, 5.74) is 1.79. The number of methoxy groups -OCH3 is 1. The second-order valence-electron chi connectivity index (χ2n) is 4.60. The molecular formula is C15H15N3O2S. The summed E-state index contributed by atoms with van der Waals surface area (Å²) in [5.74, 6) is 1.48. The van der Waals surface area contributed by atoms with Gasteiger partial charge in [0.15, 0.2) is 0 Å². The number of rotatable bonds is 5. The quantitative estimate of drug-likeness (QED) is 0.759. The molecule has 3 aromatic rings. The lowest BCUT2D eigenvalue weighted by molar-refractivity contribution is 0.414. The van der Waals surface area contributed by atoms with Gasteiger partial charge < -0.3 is 15.0 Å². The van der Waals surface area contributed by atoms with Crippen LogP contribution in [0.4, 0.5) is 0 Å². The van der Waals surface area contributed by atoms with Crippen LogP contribution in [0.3, 0.4) is 0 Å². The van der Waals surface area contributed by atoms with Gasteiger partial charge in [0, 0.05) is 6.54 Å². The second-order valence-corrected chi connectivity index (χ2v) is 5.52. The van der Waals surface area contributed by atoms with Crippen LogP contribution >= 0.6 is 11.3 Å². The number of thiophene rings is 1. The highest BCUT2D eigenvalue weighted by Crippen LogP contribution is 2.14. The zero-order valence-corrected chi connectivity index (χ0v) is 12.4. The number of nitrogens with one attached hydrogen (secondary N) is 2. The molecule has 0 aliphatic rings. The first-order valence-electron chi connectivity index (χ1n) is 6.56. The van der Waals surface area contributed by atoms with Crippen molar-refractivity contribution in [2.75, 3.05) is 7.11 Å². The van der Waals surface area contributed by atoms with Crippen LogP contribution in [0.2, 0.25) is 0 Å². The average Bonchev–Trinajstić information content (AvgIpc) is 2.96. The summed E-state index contributed by atoms with van der Waals surface area (Å²) in [4.78, 5) is 19.1. The molecule has 0 unspecified atom stereocenters. The van der Waals surface area contributed by atoms with Gasteiger partial charge in [-0.05, 0) is 29.1 Å². The summed E-state index contributed by atoms with van der Waals surface area (Å²) >= 11 is 1.41. The Labute approximate surface area is 125 Å². The number of H-pyrrole nitrogens is 1. The molecule has 21 heavy (non-hydrogen) atoms. The molecule has 0 spiro atoms. The van der Waals surface area contributed by atoms with Crippen molar-refractivity contribution in [1.29, 1.82) is 0 Å². The van der Waals surface area contributed by atoms with E-state index in [4.69, 9.17) is 4.74 Å². The largest absolute Gasteiger partial charge is 0.497 e. The minimum atomic E-state index is -0.0758. The topological polar surface area (TPSA) is 67.0 Å². The van der Waals surface area contributed by atoms with Crippen molar-refractivity contribution in [1.82, 2.24) is 15.3 Å². The van der Waals surface area contributed by atoms with E-state index >= 15 is 0 Å². The van der Waals surface area contributed by atoms with Gasteiger partial charge in [-0.2, -0.15) is 0 Å². The SMILES string of the molecule is COc1cccc(CNCc2nc3ccsc3c(=O)[nH]2)c1. The maximum atomic E-state index is 11.8. The van der Waals surface area contributed by atoms with Crippen molar-refractivity contribution < 1.29 is 4.74 Å². The Kier molecular flexibility index (Phi) is 3.98. The molecule has 108 valence electrons. The molecule has 0 aliphatic heterocycles. The Hall–Kier alpha value is -2.18. The van der Waals surface area contributed by atoms with Crippen LogP contribution in [0.25, 0.3) is 10.2 Å². The summed E-state index contributed by atoms with van der Waals surface area (Å²) in [6.45, 7) is 1.20. The number of fused-ring (bicyclic) bond motifs is 1. The maximum Gasteiger partial charge on any atom is 0.268 e. The first kappa shape index (κ1) is 13.8. The molecule has 0 bridgehead atoms. The Morgan fingerprint density at radius 2 is 2.24 bits per heavy atom. The Balaban J connectivity index is 1.67. The molecule has 6 heteroatoms. The van der Waals surface area contributed by atoms with Crippen molar-refractivity contribution in [3.63, 3.8) is 0 Å². The Morgan fingerprint density at radius 3 is 3.10 bits per heavy atom. The monoisotopic (exact) mass is 301 g/mol. The van der Waals surface area contributed by atoms with E-state index in [1.807, 2.05) is 35.7 Å². The van der Waals surface area contributed by atoms with Crippen LogP contribution < -0.4 is 15.6 Å². The highest BCUT2D eigenvalue weighted by molar-refractivity contribution is 7.17. The molecule has 2 aromatic heterocycles. The smallest absolute Gasteiger partial charge is 0.268 e. The van der Waals surface area contributed by atoms with Crippen molar-refractivity contribution >= 4 is 21.6 Å². The Morgan fingerprint density at radius 1 is 1.33 bits per heavy atom. The molecule has 0 aliphatic carbocycles. The van der Waals surface area contributed by atoms with E-state index in [0.29, 0.717) is 23.6 Å². The zero-order valence-electron chi connectivity index (χ0n) is 11.6. The van der Waals surface area contributed by atoms with E-state index in [1.54, 1.807) is 7.11 Å². The van der Waals surface area contributed by atoms with Crippen molar-refractivity contribution in [2.45, 2.75) is 13.1 Å². The molecule has 0 saturated carbocycles. The van der Waals surface area contributed by atoms with E-state index in [1.165, 1.54) is 11.3 Å². The number of hydrogen-bond donors (Lipinski definition) is 2. The second kappa shape index (κ2) is 6.07. The van der Waals surface area contributed by atoms with Gasteiger partial charge in [-0.15, -0.1) is 11.3 Å². The van der Waals surface area contributed by atoms with Crippen LogP contribution in [0, 0.1) is 0 Å². The standard InChI is InChI=1S/C15H15N3O2S/c1-20-11-4-2-3-10(7-11)8-16-9-13-17-12-5-6-21-14(12)15(19)18-13/h2-7,16H,8-9H2,1H3,(H,17,18,19). The molecule has 0 saturated heterocycles. The predicted molar refractivity (Wildman–Crippen MR) is 83.8 cm³/mol. The maximum absolute atomic E-state index is 11.8. The molecule has 0 amide bonds. The third-order valence-electron chi connectivity index (χ3n) is 3.12. The molecular weight excluding hydrogens is 286 g/mol. The number of nitrogens with zero attached hydrogens (tertiary/aromatic N) is 1. The fraction of sp³-hybridized carbons (Fsp3) is 0.200. The van der Waals surface area contributed by atoms with Crippen molar-refractivity contribution in [3.05, 3.63) is 57.5 Å². The molecule has 0 atom stereocenters. The van der Waals surface area contributed by atoms with Gasteiger partial charge >= 0.3 is 0 Å². The van der Waals surface area contributed by atoms with Crippen LogP contribution in [0.5, 0.6) is 5.75 Å². The lowest BCUT2D eigenvalue weighted by atomic mass is 10.2. The number of hydrogen-bond acceptors (Lipinski definition) is 5. The summed E-state index contributed by atoms with van der Waals surface area (Å²) in [5, 5.41) is 5.14. The minimum absolute atomic E-state index is 0.0758. The first-order valence-corrected chi connectivity index (χ1v) is 7.44. The van der Waals surface area contributed by atoms with E-state index in [9.17, 15) is 4.79 Å². The fourth-order valence-electron chi connectivity index (χ4n) is 2.11. The van der Waals surface area contributed by atoms with Crippen LogP contribution in [-0.2, 0) is 13.1 Å². The predicted octanol–water partition coefficient (Wildman–Crippen LogP) is 2.28. The highest BCUT2D eigenvalue weighted by atomic mass is 32.1. The van der Waals surface area contributed by atoms with Crippen LogP contribution in [0.1, 0.15) is 11.4 Å². The summed E-state index contributed by atoms with van der Waals surface area (Å²) in [6, 6.07) is 9.72. The van der Waals surface area contributed by atoms with Gasteiger partial charge in [-0.1, -0.05) is 12.1 Å². The van der Waals surface area contributed by atoms with E-state index in [0.717, 1.165) is 16.8 Å². The Bertz CT molecular complexity index is 810. The first-order chi connectivity index (χ1) is 10.3. The molecule has 0 fully saturated rings. The molecule has 2 heterocycles.